The average Bonchev–Trinajstić information content (AvgIpc) is 3.60. The van der Waals surface area contributed by atoms with E-state index in [1.54, 1.807) is 0 Å². The molecule has 0 bridgehead atoms. The van der Waals surface area contributed by atoms with Crippen molar-refractivity contribution in [3.8, 4) is 0 Å². The first-order valence-corrected chi connectivity index (χ1v) is 12.8. The van der Waals surface area contributed by atoms with Gasteiger partial charge in [-0.25, -0.2) is 13.1 Å². The molecular weight excluding hydrogens is 406 g/mol. The smallest absolute Gasteiger partial charge is 0.227 e. The molecule has 0 unspecified atom stereocenters. The third-order valence-corrected chi connectivity index (χ3v) is 7.10. The van der Waals surface area contributed by atoms with Crippen LogP contribution in [0.3, 0.4) is 0 Å². The Kier molecular flexibility index (Phi) is 7.01. The Morgan fingerprint density at radius 1 is 0.933 bits per heavy atom. The first-order valence-electron chi connectivity index (χ1n) is 11.1. The van der Waals surface area contributed by atoms with Crippen LogP contribution in [0.4, 0.5) is 11.9 Å². The normalized spacial score (nSPS) is 21.0. The number of sulfonamides is 1. The van der Waals surface area contributed by atoms with Crippen LogP contribution in [0.1, 0.15) is 56.7 Å². The molecule has 1 aromatic rings. The molecule has 0 amide bonds. The Morgan fingerprint density at radius 2 is 1.60 bits per heavy atom. The van der Waals surface area contributed by atoms with Crippen molar-refractivity contribution in [2.45, 2.75) is 63.0 Å². The van der Waals surface area contributed by atoms with E-state index in [4.69, 9.17) is 0 Å². The Morgan fingerprint density at radius 3 is 2.23 bits per heavy atom. The minimum Gasteiger partial charge on any atom is -0.393 e. The Hall–Kier alpha value is -1.56. The maximum atomic E-state index is 12.0. The third-order valence-electron chi connectivity index (χ3n) is 5.66. The number of hydrogen-bond acceptors (Lipinski definition) is 9. The van der Waals surface area contributed by atoms with Gasteiger partial charge in [-0.2, -0.15) is 15.0 Å². The summed E-state index contributed by atoms with van der Waals surface area (Å²) in [5, 5.41) is 15.9. The molecule has 168 valence electrons. The Balaban J connectivity index is 1.24. The van der Waals surface area contributed by atoms with Gasteiger partial charge in [0.2, 0.25) is 21.9 Å². The molecular formula is C19H33N7O3S. The molecule has 2 aliphatic carbocycles. The summed E-state index contributed by atoms with van der Waals surface area (Å²) in [5.41, 5.74) is 0. The molecule has 0 atom stereocenters. The molecule has 0 radical (unpaired) electrons. The number of nitrogens with zero attached hydrogens (tertiary/aromatic N) is 4. The molecule has 30 heavy (non-hydrogen) atoms. The van der Waals surface area contributed by atoms with Crippen LogP contribution in [0.25, 0.3) is 0 Å². The van der Waals surface area contributed by atoms with E-state index in [1.807, 2.05) is 0 Å². The highest BCUT2D eigenvalue weighted by Crippen LogP contribution is 2.38. The van der Waals surface area contributed by atoms with Crippen LogP contribution in [0.2, 0.25) is 0 Å². The Bertz CT molecular complexity index is 806. The SMILES string of the molecule is O=S(=O)(CCNc1nc(NCCCN2CCC(O)CC2)nc(C2CC2)n1)NC1CC1. The molecule has 1 saturated heterocycles. The van der Waals surface area contributed by atoms with Crippen molar-refractivity contribution in [3.63, 3.8) is 0 Å². The lowest BCUT2D eigenvalue weighted by Gasteiger charge is -2.29. The highest BCUT2D eigenvalue weighted by molar-refractivity contribution is 7.89. The first kappa shape index (κ1) is 21.7. The number of hydrogen-bond donors (Lipinski definition) is 4. The molecule has 2 saturated carbocycles. The monoisotopic (exact) mass is 439 g/mol. The van der Waals surface area contributed by atoms with Crippen LogP contribution in [0.15, 0.2) is 0 Å². The summed E-state index contributed by atoms with van der Waals surface area (Å²) in [6.07, 6.45) is 6.57. The second-order valence-corrected chi connectivity index (χ2v) is 10.5. The zero-order chi connectivity index (χ0) is 21.0. The van der Waals surface area contributed by atoms with Crippen LogP contribution >= 0.6 is 0 Å². The first-order chi connectivity index (χ1) is 14.5. The van der Waals surface area contributed by atoms with E-state index >= 15 is 0 Å². The topological polar surface area (TPSA) is 132 Å². The number of nitrogens with one attached hydrogen (secondary N) is 3. The number of piperidine rings is 1. The number of likely N-dealkylation sites (tertiary alicyclic amines) is 1. The van der Waals surface area contributed by atoms with Crippen LogP contribution in [-0.2, 0) is 10.0 Å². The van der Waals surface area contributed by atoms with Gasteiger partial charge >= 0.3 is 0 Å². The summed E-state index contributed by atoms with van der Waals surface area (Å²) in [4.78, 5) is 15.8. The van der Waals surface area contributed by atoms with E-state index in [2.05, 4.69) is 35.2 Å². The molecule has 4 rings (SSSR count). The van der Waals surface area contributed by atoms with Crippen LogP contribution in [0.5, 0.6) is 0 Å². The second kappa shape index (κ2) is 9.71. The quantitative estimate of drug-likeness (QED) is 0.344. The summed E-state index contributed by atoms with van der Waals surface area (Å²) >= 11 is 0. The summed E-state index contributed by atoms with van der Waals surface area (Å²) in [5.74, 6) is 2.14. The van der Waals surface area contributed by atoms with Crippen molar-refractivity contribution in [1.82, 2.24) is 24.6 Å². The van der Waals surface area contributed by atoms with Crippen molar-refractivity contribution in [3.05, 3.63) is 5.82 Å². The lowest BCUT2D eigenvalue weighted by Crippen LogP contribution is -2.36. The molecule has 1 aromatic heterocycles. The fourth-order valence-corrected chi connectivity index (χ4v) is 4.76. The van der Waals surface area contributed by atoms with E-state index in [0.717, 1.165) is 76.9 Å². The van der Waals surface area contributed by atoms with Gasteiger partial charge < -0.3 is 20.6 Å². The van der Waals surface area contributed by atoms with E-state index in [0.29, 0.717) is 17.8 Å². The number of aliphatic hydroxyl groups excluding tert-OH is 1. The molecule has 3 fully saturated rings. The van der Waals surface area contributed by atoms with E-state index in [-0.39, 0.29) is 24.4 Å². The Labute approximate surface area is 178 Å². The largest absolute Gasteiger partial charge is 0.393 e. The van der Waals surface area contributed by atoms with Crippen LogP contribution < -0.4 is 15.4 Å². The minimum absolute atomic E-state index is 0.00123. The number of aromatic nitrogens is 3. The van der Waals surface area contributed by atoms with Gasteiger partial charge in [0.15, 0.2) is 0 Å². The number of rotatable bonds is 12. The second-order valence-electron chi connectivity index (χ2n) is 8.61. The molecule has 4 N–H and O–H groups in total. The average molecular weight is 440 g/mol. The maximum Gasteiger partial charge on any atom is 0.227 e. The fraction of sp³-hybridized carbons (Fsp3) is 0.842. The molecule has 1 aliphatic heterocycles. The van der Waals surface area contributed by atoms with Gasteiger partial charge in [0.1, 0.15) is 5.82 Å². The molecule has 10 nitrogen and oxygen atoms in total. The summed E-state index contributed by atoms with van der Waals surface area (Å²) in [6, 6.07) is 0.124. The molecule has 0 spiro atoms. The van der Waals surface area contributed by atoms with E-state index in [9.17, 15) is 13.5 Å². The lowest BCUT2D eigenvalue weighted by atomic mass is 10.1. The predicted molar refractivity (Wildman–Crippen MR) is 115 cm³/mol. The van der Waals surface area contributed by atoms with Crippen molar-refractivity contribution in [1.29, 1.82) is 0 Å². The zero-order valence-corrected chi connectivity index (χ0v) is 18.2. The van der Waals surface area contributed by atoms with Gasteiger partial charge in [0.25, 0.3) is 0 Å². The van der Waals surface area contributed by atoms with Gasteiger partial charge in [-0.3, -0.25) is 0 Å². The van der Waals surface area contributed by atoms with Gasteiger partial charge in [0.05, 0.1) is 11.9 Å². The van der Waals surface area contributed by atoms with E-state index in [1.165, 1.54) is 0 Å². The third kappa shape index (κ3) is 7.00. The van der Waals surface area contributed by atoms with Crippen molar-refractivity contribution < 1.29 is 13.5 Å². The lowest BCUT2D eigenvalue weighted by molar-refractivity contribution is 0.0825. The molecule has 11 heteroatoms. The van der Waals surface area contributed by atoms with Gasteiger partial charge in [0, 0.05) is 38.1 Å². The van der Waals surface area contributed by atoms with Crippen LogP contribution in [0, 0.1) is 0 Å². The van der Waals surface area contributed by atoms with E-state index < -0.39 is 10.0 Å². The molecule has 3 aliphatic rings. The highest BCUT2D eigenvalue weighted by Gasteiger charge is 2.28. The van der Waals surface area contributed by atoms with Crippen molar-refractivity contribution >= 4 is 21.9 Å². The summed E-state index contributed by atoms with van der Waals surface area (Å²) < 4.78 is 26.7. The van der Waals surface area contributed by atoms with Crippen molar-refractivity contribution in [2.24, 2.45) is 0 Å². The van der Waals surface area contributed by atoms with Gasteiger partial charge in [-0.15, -0.1) is 0 Å². The summed E-state index contributed by atoms with van der Waals surface area (Å²) in [6.45, 7) is 3.90. The standard InChI is InChI=1S/C19H33N7O3S/c27-16-6-11-26(12-7-16)10-1-8-20-18-22-17(14-2-3-14)23-19(24-18)21-9-13-30(28,29)25-15-4-5-15/h14-16,25,27H,1-13H2,(H2,20,21,22,23,24). The maximum absolute atomic E-state index is 12.0. The van der Waals surface area contributed by atoms with Crippen LogP contribution in [-0.4, -0.2) is 84.0 Å². The number of anilines is 2. The van der Waals surface area contributed by atoms with Crippen molar-refractivity contribution in [2.75, 3.05) is 49.1 Å². The minimum atomic E-state index is -3.26. The number of aliphatic hydroxyl groups is 1. The fourth-order valence-electron chi connectivity index (χ4n) is 3.53. The zero-order valence-electron chi connectivity index (χ0n) is 17.4. The highest BCUT2D eigenvalue weighted by atomic mass is 32.2. The molecule has 2 heterocycles. The predicted octanol–water partition coefficient (Wildman–Crippen LogP) is 0.501. The summed E-state index contributed by atoms with van der Waals surface area (Å²) in [7, 11) is -3.26. The molecule has 0 aromatic carbocycles. The van der Waals surface area contributed by atoms with Gasteiger partial charge in [-0.05, 0) is 51.5 Å². The van der Waals surface area contributed by atoms with Gasteiger partial charge in [-0.1, -0.05) is 0 Å².